The maximum Gasteiger partial charge on any atom is 0.416 e. The molecule has 0 N–H and O–H groups in total. The molecule has 0 spiro atoms. The number of carbonyl (C=O) groups excluding carboxylic acids is 2. The second kappa shape index (κ2) is 7.93. The van der Waals surface area contributed by atoms with E-state index < -0.39 is 35.4 Å². The minimum atomic E-state index is -4.45. The number of piperazine rings is 1. The standard InChI is InChI=1S/C19H22F3N3O4S/c1-18(2,3)29-17(27)24-7-8-25(13(10-24)15(26)28-4)16-23-12-6-5-11(19(20,21)22)9-14(12)30-16/h5-6,9,13H,7-8,10H2,1-4H3/t13-/m0/s1. The zero-order chi connectivity index (χ0) is 22.3. The lowest BCUT2D eigenvalue weighted by Crippen LogP contribution is -2.58. The molecule has 0 unspecified atom stereocenters. The Bertz CT molecular complexity index is 955. The Hall–Kier alpha value is -2.56. The summed E-state index contributed by atoms with van der Waals surface area (Å²) in [5, 5.41) is 0.392. The zero-order valence-electron chi connectivity index (χ0n) is 16.9. The average Bonchev–Trinajstić information content (AvgIpc) is 3.08. The Morgan fingerprint density at radius 1 is 1.20 bits per heavy atom. The number of halogens is 3. The lowest BCUT2D eigenvalue weighted by Gasteiger charge is -2.39. The van der Waals surface area contributed by atoms with Crippen molar-refractivity contribution in [1.82, 2.24) is 9.88 Å². The monoisotopic (exact) mass is 445 g/mol. The molecule has 30 heavy (non-hydrogen) atoms. The Kier molecular flexibility index (Phi) is 5.85. The summed E-state index contributed by atoms with van der Waals surface area (Å²) in [4.78, 5) is 32.3. The molecule has 3 rings (SSSR count). The van der Waals surface area contributed by atoms with Gasteiger partial charge in [0.2, 0.25) is 0 Å². The van der Waals surface area contributed by atoms with E-state index in [9.17, 15) is 22.8 Å². The largest absolute Gasteiger partial charge is 0.467 e. The number of aromatic nitrogens is 1. The quantitative estimate of drug-likeness (QED) is 0.653. The molecule has 2 aromatic rings. The Labute approximate surface area is 175 Å². The Balaban J connectivity index is 1.87. The van der Waals surface area contributed by atoms with Crippen LogP contribution < -0.4 is 4.90 Å². The summed E-state index contributed by atoms with van der Waals surface area (Å²) in [5.41, 5.74) is -1.04. The molecule has 1 amide bonds. The van der Waals surface area contributed by atoms with E-state index in [4.69, 9.17) is 9.47 Å². The number of methoxy groups -OCH3 is 1. The molecule has 0 saturated carbocycles. The average molecular weight is 445 g/mol. The van der Waals surface area contributed by atoms with Crippen LogP contribution in [-0.2, 0) is 20.4 Å². The first kappa shape index (κ1) is 22.1. The maximum atomic E-state index is 13.0. The second-order valence-corrected chi connectivity index (χ2v) is 8.84. The number of alkyl halides is 3. The summed E-state index contributed by atoms with van der Waals surface area (Å²) in [6, 6.07) is 2.48. The fourth-order valence-corrected chi connectivity index (χ4v) is 4.13. The molecule has 1 fully saturated rings. The molecule has 1 saturated heterocycles. The van der Waals surface area contributed by atoms with E-state index in [0.29, 0.717) is 15.3 Å². The van der Waals surface area contributed by atoms with Gasteiger partial charge in [-0.1, -0.05) is 11.3 Å². The number of hydrogen-bond acceptors (Lipinski definition) is 7. The van der Waals surface area contributed by atoms with Crippen molar-refractivity contribution < 1.29 is 32.2 Å². The zero-order valence-corrected chi connectivity index (χ0v) is 17.8. The summed E-state index contributed by atoms with van der Waals surface area (Å²) in [6.07, 6.45) is -5.00. The maximum absolute atomic E-state index is 13.0. The number of fused-ring (bicyclic) bond motifs is 1. The second-order valence-electron chi connectivity index (χ2n) is 7.84. The van der Waals surface area contributed by atoms with Crippen LogP contribution in [-0.4, -0.2) is 60.3 Å². The number of thiazole rings is 1. The van der Waals surface area contributed by atoms with E-state index in [2.05, 4.69) is 4.98 Å². The van der Waals surface area contributed by atoms with E-state index in [1.165, 1.54) is 18.1 Å². The van der Waals surface area contributed by atoms with Gasteiger partial charge in [-0.05, 0) is 39.0 Å². The predicted molar refractivity (Wildman–Crippen MR) is 106 cm³/mol. The molecule has 0 radical (unpaired) electrons. The SMILES string of the molecule is COC(=O)[C@@H]1CN(C(=O)OC(C)(C)C)CCN1c1nc2ccc(C(F)(F)F)cc2s1. The van der Waals surface area contributed by atoms with Crippen molar-refractivity contribution in [3.63, 3.8) is 0 Å². The molecule has 7 nitrogen and oxygen atoms in total. The third kappa shape index (κ3) is 4.77. The van der Waals surface area contributed by atoms with Crippen LogP contribution in [0, 0.1) is 0 Å². The van der Waals surface area contributed by atoms with Gasteiger partial charge in [0.15, 0.2) is 5.13 Å². The molecule has 0 bridgehead atoms. The molecule has 1 aromatic carbocycles. The number of esters is 1. The molecular weight excluding hydrogens is 423 g/mol. The van der Waals surface area contributed by atoms with Crippen molar-refractivity contribution in [3.05, 3.63) is 23.8 Å². The summed E-state index contributed by atoms with van der Waals surface area (Å²) in [6.45, 7) is 5.78. The van der Waals surface area contributed by atoms with Crippen LogP contribution in [0.25, 0.3) is 10.2 Å². The third-order valence-corrected chi connectivity index (χ3v) is 5.51. The van der Waals surface area contributed by atoms with E-state index >= 15 is 0 Å². The number of benzene rings is 1. The number of carbonyl (C=O) groups is 2. The fraction of sp³-hybridized carbons (Fsp3) is 0.526. The first-order valence-corrected chi connectivity index (χ1v) is 10.0. The first-order chi connectivity index (χ1) is 13.9. The minimum absolute atomic E-state index is 0.0192. The number of ether oxygens (including phenoxy) is 2. The highest BCUT2D eigenvalue weighted by Gasteiger charge is 2.38. The van der Waals surface area contributed by atoms with Crippen LogP contribution in [0.2, 0.25) is 0 Å². The van der Waals surface area contributed by atoms with Gasteiger partial charge < -0.3 is 19.3 Å². The van der Waals surface area contributed by atoms with Gasteiger partial charge in [-0.3, -0.25) is 0 Å². The number of nitrogens with zero attached hydrogens (tertiary/aromatic N) is 3. The molecule has 0 aliphatic carbocycles. The highest BCUT2D eigenvalue weighted by molar-refractivity contribution is 7.22. The predicted octanol–water partition coefficient (Wildman–Crippen LogP) is 3.91. The molecule has 2 heterocycles. The van der Waals surface area contributed by atoms with Gasteiger partial charge >= 0.3 is 18.2 Å². The summed E-state index contributed by atoms with van der Waals surface area (Å²) in [7, 11) is 1.24. The summed E-state index contributed by atoms with van der Waals surface area (Å²) >= 11 is 1.06. The Morgan fingerprint density at radius 2 is 1.90 bits per heavy atom. The van der Waals surface area contributed by atoms with Crippen molar-refractivity contribution in [2.24, 2.45) is 0 Å². The van der Waals surface area contributed by atoms with E-state index in [0.717, 1.165) is 23.5 Å². The molecular formula is C19H22F3N3O4S. The molecule has 1 atom stereocenters. The van der Waals surface area contributed by atoms with Crippen molar-refractivity contribution >= 4 is 38.7 Å². The minimum Gasteiger partial charge on any atom is -0.467 e. The van der Waals surface area contributed by atoms with Crippen molar-refractivity contribution in [2.75, 3.05) is 31.6 Å². The van der Waals surface area contributed by atoms with Crippen LogP contribution in [0.5, 0.6) is 0 Å². The molecule has 164 valence electrons. The van der Waals surface area contributed by atoms with Gasteiger partial charge in [-0.25, -0.2) is 14.6 Å². The topological polar surface area (TPSA) is 72.0 Å². The summed E-state index contributed by atoms with van der Waals surface area (Å²) < 4.78 is 49.6. The van der Waals surface area contributed by atoms with Gasteiger partial charge in [0.25, 0.3) is 0 Å². The lowest BCUT2D eigenvalue weighted by molar-refractivity contribution is -0.143. The van der Waals surface area contributed by atoms with Crippen molar-refractivity contribution in [3.8, 4) is 0 Å². The van der Waals surface area contributed by atoms with E-state index in [1.54, 1.807) is 25.7 Å². The van der Waals surface area contributed by atoms with Crippen LogP contribution in [0.3, 0.4) is 0 Å². The number of rotatable bonds is 2. The fourth-order valence-electron chi connectivity index (χ4n) is 3.05. The molecule has 1 aliphatic heterocycles. The Morgan fingerprint density at radius 3 is 2.50 bits per heavy atom. The molecule has 1 aromatic heterocycles. The van der Waals surface area contributed by atoms with Gasteiger partial charge in [-0.15, -0.1) is 0 Å². The van der Waals surface area contributed by atoms with Crippen LogP contribution in [0.15, 0.2) is 18.2 Å². The van der Waals surface area contributed by atoms with Gasteiger partial charge in [0, 0.05) is 13.1 Å². The number of anilines is 1. The van der Waals surface area contributed by atoms with Crippen molar-refractivity contribution in [1.29, 1.82) is 0 Å². The van der Waals surface area contributed by atoms with Crippen LogP contribution >= 0.6 is 11.3 Å². The number of hydrogen-bond donors (Lipinski definition) is 0. The van der Waals surface area contributed by atoms with Gasteiger partial charge in [0.05, 0.1) is 29.4 Å². The van der Waals surface area contributed by atoms with Gasteiger partial charge in [0.1, 0.15) is 11.6 Å². The van der Waals surface area contributed by atoms with E-state index in [-0.39, 0.29) is 19.6 Å². The summed E-state index contributed by atoms with van der Waals surface area (Å²) in [5.74, 6) is -0.571. The smallest absolute Gasteiger partial charge is 0.416 e. The van der Waals surface area contributed by atoms with Gasteiger partial charge in [-0.2, -0.15) is 13.2 Å². The van der Waals surface area contributed by atoms with Crippen LogP contribution in [0.1, 0.15) is 26.3 Å². The molecule has 11 heteroatoms. The highest BCUT2D eigenvalue weighted by Crippen LogP contribution is 2.36. The highest BCUT2D eigenvalue weighted by atomic mass is 32.1. The first-order valence-electron chi connectivity index (χ1n) is 9.19. The normalized spacial score (nSPS) is 17.9. The number of amides is 1. The van der Waals surface area contributed by atoms with Crippen molar-refractivity contribution in [2.45, 2.75) is 38.6 Å². The van der Waals surface area contributed by atoms with Crippen LogP contribution in [0.4, 0.5) is 23.1 Å². The van der Waals surface area contributed by atoms with E-state index in [1.807, 2.05) is 0 Å². The lowest BCUT2D eigenvalue weighted by atomic mass is 10.2. The third-order valence-electron chi connectivity index (χ3n) is 4.46. The molecule has 1 aliphatic rings.